The Morgan fingerprint density at radius 1 is 1.53 bits per heavy atom. The van der Waals surface area contributed by atoms with Crippen LogP contribution < -0.4 is 0 Å². The van der Waals surface area contributed by atoms with Crippen molar-refractivity contribution >= 4 is 17.6 Å². The largest absolute Gasteiger partial charge is 0.480 e. The van der Waals surface area contributed by atoms with E-state index in [-0.39, 0.29) is 0 Å². The van der Waals surface area contributed by atoms with Crippen molar-refractivity contribution < 1.29 is 9.90 Å². The van der Waals surface area contributed by atoms with Crippen LogP contribution in [0.25, 0.3) is 0 Å². The molecule has 0 aliphatic heterocycles. The molecular weight excluding hydrogens is 238 g/mol. The number of carbonyl (C=O) groups is 1. The lowest BCUT2D eigenvalue weighted by Gasteiger charge is -2.24. The van der Waals surface area contributed by atoms with E-state index in [2.05, 4.69) is 0 Å². The number of halogens is 1. The Morgan fingerprint density at radius 3 is 2.76 bits per heavy atom. The molecule has 1 aromatic rings. The van der Waals surface area contributed by atoms with Crippen LogP contribution in [-0.4, -0.2) is 29.1 Å². The fraction of sp³-hybridized carbons (Fsp3) is 0.462. The van der Waals surface area contributed by atoms with E-state index in [4.69, 9.17) is 16.7 Å². The van der Waals surface area contributed by atoms with Crippen molar-refractivity contribution in [2.24, 2.45) is 0 Å². The van der Waals surface area contributed by atoms with Crippen LogP contribution >= 0.6 is 11.6 Å². The van der Waals surface area contributed by atoms with E-state index in [1.807, 2.05) is 43.1 Å². The maximum absolute atomic E-state index is 11.1. The van der Waals surface area contributed by atoms with Crippen molar-refractivity contribution in [1.29, 1.82) is 0 Å². The summed E-state index contributed by atoms with van der Waals surface area (Å²) in [5, 5.41) is 9.82. The molecular formula is C13H18ClNO2. The van der Waals surface area contributed by atoms with Crippen LogP contribution in [0.5, 0.6) is 0 Å². The molecule has 0 aliphatic rings. The zero-order valence-electron chi connectivity index (χ0n) is 10.2. The van der Waals surface area contributed by atoms with Gasteiger partial charge in [0.25, 0.3) is 0 Å². The third kappa shape index (κ3) is 4.36. The molecule has 1 rings (SSSR count). The van der Waals surface area contributed by atoms with E-state index in [1.165, 1.54) is 0 Å². The summed E-state index contributed by atoms with van der Waals surface area (Å²) in [7, 11) is 1.83. The van der Waals surface area contributed by atoms with Gasteiger partial charge in [-0.05, 0) is 31.2 Å². The number of rotatable bonds is 6. The SMILES string of the molecule is CCCC(C(=O)O)N(C)Cc1cccc(Cl)c1. The van der Waals surface area contributed by atoms with Gasteiger partial charge in [0, 0.05) is 11.6 Å². The van der Waals surface area contributed by atoms with Gasteiger partial charge in [0.1, 0.15) is 6.04 Å². The molecule has 1 N–H and O–H groups in total. The molecule has 1 atom stereocenters. The average Bonchev–Trinajstić information content (AvgIpc) is 2.25. The van der Waals surface area contributed by atoms with E-state index < -0.39 is 12.0 Å². The quantitative estimate of drug-likeness (QED) is 0.850. The molecule has 0 aromatic heterocycles. The molecule has 0 saturated carbocycles. The van der Waals surface area contributed by atoms with E-state index in [9.17, 15) is 4.79 Å². The fourth-order valence-corrected chi connectivity index (χ4v) is 2.05. The van der Waals surface area contributed by atoms with Crippen molar-refractivity contribution in [3.8, 4) is 0 Å². The number of carboxylic acid groups (broad SMARTS) is 1. The summed E-state index contributed by atoms with van der Waals surface area (Å²) in [5.41, 5.74) is 1.03. The van der Waals surface area contributed by atoms with Gasteiger partial charge >= 0.3 is 5.97 Å². The lowest BCUT2D eigenvalue weighted by Crippen LogP contribution is -2.37. The third-order valence-electron chi connectivity index (χ3n) is 2.70. The number of carboxylic acids is 1. The minimum Gasteiger partial charge on any atom is -0.480 e. The molecule has 0 saturated heterocycles. The van der Waals surface area contributed by atoms with Crippen LogP contribution in [0, 0.1) is 0 Å². The maximum atomic E-state index is 11.1. The first-order valence-electron chi connectivity index (χ1n) is 5.72. The normalized spacial score (nSPS) is 12.7. The minimum absolute atomic E-state index is 0.431. The van der Waals surface area contributed by atoms with Crippen LogP contribution in [0.3, 0.4) is 0 Å². The molecule has 94 valence electrons. The predicted octanol–water partition coefficient (Wildman–Crippen LogP) is 3.03. The van der Waals surface area contributed by atoms with Crippen molar-refractivity contribution in [2.45, 2.75) is 32.4 Å². The zero-order valence-corrected chi connectivity index (χ0v) is 10.9. The topological polar surface area (TPSA) is 40.5 Å². The lowest BCUT2D eigenvalue weighted by molar-refractivity contribution is -0.143. The number of likely N-dealkylation sites (N-methyl/N-ethyl adjacent to an activating group) is 1. The first-order valence-corrected chi connectivity index (χ1v) is 6.10. The van der Waals surface area contributed by atoms with Gasteiger partial charge in [-0.25, -0.2) is 0 Å². The summed E-state index contributed by atoms with van der Waals surface area (Å²) in [5.74, 6) is -0.767. The summed E-state index contributed by atoms with van der Waals surface area (Å²) < 4.78 is 0. The molecule has 0 bridgehead atoms. The minimum atomic E-state index is -0.767. The highest BCUT2D eigenvalue weighted by molar-refractivity contribution is 6.30. The van der Waals surface area contributed by atoms with Gasteiger partial charge in [0.2, 0.25) is 0 Å². The summed E-state index contributed by atoms with van der Waals surface area (Å²) in [6.45, 7) is 2.58. The van der Waals surface area contributed by atoms with E-state index in [0.29, 0.717) is 18.0 Å². The van der Waals surface area contributed by atoms with Crippen LogP contribution in [0.1, 0.15) is 25.3 Å². The number of aliphatic carboxylic acids is 1. The molecule has 0 amide bonds. The molecule has 0 radical (unpaired) electrons. The Labute approximate surface area is 107 Å². The average molecular weight is 256 g/mol. The Hall–Kier alpha value is -1.06. The number of nitrogens with zero attached hydrogens (tertiary/aromatic N) is 1. The highest BCUT2D eigenvalue weighted by atomic mass is 35.5. The fourth-order valence-electron chi connectivity index (χ4n) is 1.84. The number of hydrogen-bond donors (Lipinski definition) is 1. The number of hydrogen-bond acceptors (Lipinski definition) is 2. The lowest BCUT2D eigenvalue weighted by atomic mass is 10.1. The maximum Gasteiger partial charge on any atom is 0.320 e. The van der Waals surface area contributed by atoms with Crippen molar-refractivity contribution in [3.05, 3.63) is 34.9 Å². The van der Waals surface area contributed by atoms with Gasteiger partial charge < -0.3 is 5.11 Å². The predicted molar refractivity (Wildman–Crippen MR) is 69.3 cm³/mol. The Morgan fingerprint density at radius 2 is 2.24 bits per heavy atom. The Kier molecular flexibility index (Phi) is 5.45. The van der Waals surface area contributed by atoms with Gasteiger partial charge in [-0.15, -0.1) is 0 Å². The van der Waals surface area contributed by atoms with Gasteiger partial charge in [-0.1, -0.05) is 37.1 Å². The van der Waals surface area contributed by atoms with Crippen LogP contribution in [-0.2, 0) is 11.3 Å². The molecule has 4 heteroatoms. The van der Waals surface area contributed by atoms with Crippen LogP contribution in [0.2, 0.25) is 5.02 Å². The van der Waals surface area contributed by atoms with E-state index >= 15 is 0 Å². The molecule has 0 spiro atoms. The van der Waals surface area contributed by atoms with E-state index in [1.54, 1.807) is 0 Å². The molecule has 1 unspecified atom stereocenters. The second-order valence-electron chi connectivity index (χ2n) is 4.19. The summed E-state index contributed by atoms with van der Waals surface area (Å²) in [6, 6.07) is 7.07. The highest BCUT2D eigenvalue weighted by Gasteiger charge is 2.21. The van der Waals surface area contributed by atoms with Crippen molar-refractivity contribution in [2.75, 3.05) is 7.05 Å². The summed E-state index contributed by atoms with van der Waals surface area (Å²) in [6.07, 6.45) is 1.52. The van der Waals surface area contributed by atoms with Crippen molar-refractivity contribution in [1.82, 2.24) is 4.90 Å². The highest BCUT2D eigenvalue weighted by Crippen LogP contribution is 2.14. The number of benzene rings is 1. The second-order valence-corrected chi connectivity index (χ2v) is 4.62. The summed E-state index contributed by atoms with van der Waals surface area (Å²) >= 11 is 5.90. The van der Waals surface area contributed by atoms with Gasteiger partial charge in [-0.3, -0.25) is 9.69 Å². The summed E-state index contributed by atoms with van der Waals surface area (Å²) in [4.78, 5) is 13.0. The van der Waals surface area contributed by atoms with E-state index in [0.717, 1.165) is 12.0 Å². The molecule has 17 heavy (non-hydrogen) atoms. The third-order valence-corrected chi connectivity index (χ3v) is 2.94. The van der Waals surface area contributed by atoms with Crippen LogP contribution in [0.15, 0.2) is 24.3 Å². The zero-order chi connectivity index (χ0) is 12.8. The second kappa shape index (κ2) is 6.62. The molecule has 1 aromatic carbocycles. The molecule has 0 fully saturated rings. The van der Waals surface area contributed by atoms with Gasteiger partial charge in [-0.2, -0.15) is 0 Å². The molecule has 0 aliphatic carbocycles. The first kappa shape index (κ1) is 14.0. The van der Waals surface area contributed by atoms with Gasteiger partial charge in [0.05, 0.1) is 0 Å². The van der Waals surface area contributed by atoms with Gasteiger partial charge in [0.15, 0.2) is 0 Å². The smallest absolute Gasteiger partial charge is 0.320 e. The Bertz CT molecular complexity index is 381. The first-order chi connectivity index (χ1) is 8.04. The standard InChI is InChI=1S/C13H18ClNO2/c1-3-5-12(13(16)17)15(2)9-10-6-4-7-11(14)8-10/h4,6-8,12H,3,5,9H2,1-2H3,(H,16,17). The van der Waals surface area contributed by atoms with Crippen LogP contribution in [0.4, 0.5) is 0 Å². The van der Waals surface area contributed by atoms with Crippen molar-refractivity contribution in [3.63, 3.8) is 0 Å². The molecule has 3 nitrogen and oxygen atoms in total. The monoisotopic (exact) mass is 255 g/mol. The Balaban J connectivity index is 2.69. The molecule has 0 heterocycles.